The third-order valence-corrected chi connectivity index (χ3v) is 17.8. The van der Waals surface area contributed by atoms with Gasteiger partial charge in [0.15, 0.2) is 0 Å². The minimum absolute atomic E-state index is 1.16. The van der Waals surface area contributed by atoms with E-state index in [0.29, 0.717) is 0 Å². The molecule has 398 valence electrons. The van der Waals surface area contributed by atoms with Crippen molar-refractivity contribution in [1.82, 2.24) is 4.57 Å². The standard InChI is InChI=1S/C84H57N/c1-54-74(58-25-6-3-7-26-58)76(59-27-8-4-9-28-59)81(73-40-21-47-85(73)2)82-75(54)78(70-37-18-34-64(51-70)67-44-41-55-22-12-15-31-61(55)48-67)83-80(72-39-20-36-66(53-72)69-46-43-57-24-14-17-33-63(57)50-69)79(77(84(82)83)60-29-10-5-11-30-60)71-38-19-35-65(52-71)68-45-42-56-23-13-16-32-62(56)49-68/h3-53H,1-2H3. The number of benzene rings is 13. The van der Waals surface area contributed by atoms with E-state index in [0.717, 1.165) is 16.8 Å². The van der Waals surface area contributed by atoms with E-state index in [1.165, 1.54) is 155 Å². The fourth-order valence-electron chi connectivity index (χ4n) is 14.0. The molecule has 0 saturated carbocycles. The van der Waals surface area contributed by atoms with E-state index in [1.54, 1.807) is 0 Å². The van der Waals surface area contributed by atoms with Gasteiger partial charge in [-0.05, 0) is 210 Å². The second-order valence-electron chi connectivity index (χ2n) is 22.8. The second-order valence-corrected chi connectivity index (χ2v) is 22.8. The highest BCUT2D eigenvalue weighted by atomic mass is 14.9. The lowest BCUT2D eigenvalue weighted by atomic mass is 9.77. The molecule has 1 heterocycles. The Labute approximate surface area is 496 Å². The predicted octanol–water partition coefficient (Wildman–Crippen LogP) is 22.1. The molecule has 0 N–H and O–H groups in total. The summed E-state index contributed by atoms with van der Waals surface area (Å²) < 4.78 is 2.33. The van der Waals surface area contributed by atoms with Gasteiger partial charge in [-0.2, -0.15) is 0 Å². The highest BCUT2D eigenvalue weighted by Crippen LogP contribution is 2.66. The molecule has 1 aromatic heterocycles. The highest BCUT2D eigenvalue weighted by molar-refractivity contribution is 6.41. The van der Waals surface area contributed by atoms with Crippen LogP contribution in [0.4, 0.5) is 0 Å². The van der Waals surface area contributed by atoms with Crippen molar-refractivity contribution in [2.75, 3.05) is 0 Å². The van der Waals surface area contributed by atoms with Gasteiger partial charge in [-0.3, -0.25) is 0 Å². The number of fused-ring (bicyclic) bond motifs is 6. The molecule has 14 aromatic rings. The summed E-state index contributed by atoms with van der Waals surface area (Å²) in [7, 11) is 2.21. The highest BCUT2D eigenvalue weighted by Gasteiger charge is 2.44. The number of aryl methyl sites for hydroxylation is 1. The zero-order chi connectivity index (χ0) is 56.5. The fraction of sp³-hybridized carbons (Fsp3) is 0.0238. The molecular formula is C84H57N. The summed E-state index contributed by atoms with van der Waals surface area (Å²) in [6, 6.07) is 113. The Kier molecular flexibility index (Phi) is 12.1. The molecular weight excluding hydrogens is 1020 g/mol. The Hall–Kier alpha value is -10.9. The summed E-state index contributed by atoms with van der Waals surface area (Å²) >= 11 is 0. The van der Waals surface area contributed by atoms with Crippen molar-refractivity contribution >= 4 is 60.2 Å². The minimum Gasteiger partial charge on any atom is -0.351 e. The van der Waals surface area contributed by atoms with Gasteiger partial charge >= 0.3 is 0 Å². The number of hydrogen-bond acceptors (Lipinski definition) is 0. The zero-order valence-corrected chi connectivity index (χ0v) is 47.4. The molecule has 0 aliphatic heterocycles. The molecule has 0 atom stereocenters. The van der Waals surface area contributed by atoms with Gasteiger partial charge < -0.3 is 4.57 Å². The average molecular weight is 1080 g/mol. The first-order chi connectivity index (χ1) is 42.0. The fourth-order valence-corrected chi connectivity index (χ4v) is 14.0. The van der Waals surface area contributed by atoms with E-state index in [-0.39, 0.29) is 0 Å². The van der Waals surface area contributed by atoms with Crippen molar-refractivity contribution in [3.8, 4) is 66.9 Å². The maximum atomic E-state index is 2.47. The van der Waals surface area contributed by atoms with Crippen LogP contribution in [0.3, 0.4) is 0 Å². The number of aromatic nitrogens is 1. The van der Waals surface area contributed by atoms with Gasteiger partial charge in [0.2, 0.25) is 0 Å². The lowest BCUT2D eigenvalue weighted by Gasteiger charge is -2.26. The van der Waals surface area contributed by atoms with E-state index in [4.69, 9.17) is 0 Å². The topological polar surface area (TPSA) is 4.93 Å². The molecule has 13 aromatic carbocycles. The van der Waals surface area contributed by atoms with Crippen molar-refractivity contribution in [1.29, 1.82) is 0 Å². The molecule has 0 radical (unpaired) electrons. The zero-order valence-electron chi connectivity index (χ0n) is 47.4. The monoisotopic (exact) mass is 1080 g/mol. The van der Waals surface area contributed by atoms with E-state index in [2.05, 4.69) is 328 Å². The van der Waals surface area contributed by atoms with Crippen molar-refractivity contribution in [3.63, 3.8) is 0 Å². The van der Waals surface area contributed by atoms with Crippen molar-refractivity contribution in [3.05, 3.63) is 354 Å². The Morgan fingerprint density at radius 3 is 1.00 bits per heavy atom. The quantitative estimate of drug-likeness (QED) is 0.129. The summed E-state index contributed by atoms with van der Waals surface area (Å²) in [5, 5.41) is 7.37. The number of allylic oxidation sites excluding steroid dienone is 5. The normalized spacial score (nSPS) is 12.9. The molecule has 0 spiro atoms. The average Bonchev–Trinajstić information content (AvgIpc) is 1.55. The molecule has 1 nitrogen and oxygen atoms in total. The van der Waals surface area contributed by atoms with Gasteiger partial charge in [0.25, 0.3) is 0 Å². The number of nitrogens with zero attached hydrogens (tertiary/aromatic N) is 1. The van der Waals surface area contributed by atoms with E-state index in [9.17, 15) is 0 Å². The van der Waals surface area contributed by atoms with E-state index in [1.807, 2.05) is 0 Å². The number of hydrogen-bond donors (Lipinski definition) is 0. The van der Waals surface area contributed by atoms with Crippen LogP contribution in [0.25, 0.3) is 127 Å². The smallest absolute Gasteiger partial charge is 0.0490 e. The Balaban J connectivity index is 1.09. The van der Waals surface area contributed by atoms with Crippen molar-refractivity contribution in [2.24, 2.45) is 7.05 Å². The molecule has 2 aliphatic carbocycles. The summed E-state index contributed by atoms with van der Waals surface area (Å²) in [5.74, 6) is 0. The molecule has 0 unspecified atom stereocenters. The molecule has 0 saturated heterocycles. The minimum atomic E-state index is 1.16. The summed E-state index contributed by atoms with van der Waals surface area (Å²) in [5.41, 5.74) is 30.1. The second kappa shape index (κ2) is 20.5. The van der Waals surface area contributed by atoms with Crippen LogP contribution in [0, 0.1) is 6.92 Å². The Morgan fingerprint density at radius 1 is 0.200 bits per heavy atom. The maximum absolute atomic E-state index is 2.47. The molecule has 2 aliphatic rings. The van der Waals surface area contributed by atoms with Crippen molar-refractivity contribution in [2.45, 2.75) is 6.92 Å². The first kappa shape index (κ1) is 49.9. The van der Waals surface area contributed by atoms with Crippen LogP contribution in [-0.4, -0.2) is 4.57 Å². The predicted molar refractivity (Wildman–Crippen MR) is 361 cm³/mol. The van der Waals surface area contributed by atoms with Crippen LogP contribution >= 0.6 is 0 Å². The van der Waals surface area contributed by atoms with Crippen LogP contribution in [0.1, 0.15) is 38.9 Å². The summed E-state index contributed by atoms with van der Waals surface area (Å²) in [6.45, 7) is 2.40. The van der Waals surface area contributed by atoms with Crippen LogP contribution in [0.15, 0.2) is 315 Å². The molecule has 85 heavy (non-hydrogen) atoms. The van der Waals surface area contributed by atoms with E-state index < -0.39 is 0 Å². The molecule has 0 fully saturated rings. The Bertz CT molecular complexity index is 5100. The summed E-state index contributed by atoms with van der Waals surface area (Å²) in [6.07, 6.45) is 2.21. The van der Waals surface area contributed by atoms with Crippen LogP contribution in [-0.2, 0) is 7.05 Å². The largest absolute Gasteiger partial charge is 0.351 e. The van der Waals surface area contributed by atoms with Crippen LogP contribution in [0.2, 0.25) is 0 Å². The van der Waals surface area contributed by atoms with Gasteiger partial charge in [0, 0.05) is 30.1 Å². The lowest BCUT2D eigenvalue weighted by molar-refractivity contribution is 0.937. The molecule has 16 rings (SSSR count). The lowest BCUT2D eigenvalue weighted by Crippen LogP contribution is -2.05. The summed E-state index contributed by atoms with van der Waals surface area (Å²) in [4.78, 5) is 0. The van der Waals surface area contributed by atoms with E-state index >= 15 is 0 Å². The maximum Gasteiger partial charge on any atom is 0.0490 e. The van der Waals surface area contributed by atoms with Gasteiger partial charge in [0.05, 0.1) is 0 Å². The van der Waals surface area contributed by atoms with Gasteiger partial charge in [0.1, 0.15) is 0 Å². The van der Waals surface area contributed by atoms with Crippen molar-refractivity contribution < 1.29 is 0 Å². The van der Waals surface area contributed by atoms with Crippen LogP contribution in [0.5, 0.6) is 0 Å². The first-order valence-corrected chi connectivity index (χ1v) is 29.5. The van der Waals surface area contributed by atoms with Crippen LogP contribution < -0.4 is 0 Å². The SMILES string of the molecule is Cc1c2c(c(-c3cccn3C)c(-c3ccccc3)c1-c1ccccc1)C1=C(c3ccccc3)C(c3cccc(-c4ccc5ccccc5c4)c3)=C(c3cccc(-c4ccc5ccccc5c4)c3)C1=C2c1cccc(-c2ccc3ccccc3c2)c1. The molecule has 0 amide bonds. The first-order valence-electron chi connectivity index (χ1n) is 29.5. The third-order valence-electron chi connectivity index (χ3n) is 17.8. The van der Waals surface area contributed by atoms with Gasteiger partial charge in [-0.1, -0.05) is 255 Å². The molecule has 0 bridgehead atoms. The molecule has 1 heteroatoms. The Morgan fingerprint density at radius 2 is 0.553 bits per heavy atom. The van der Waals surface area contributed by atoms with Gasteiger partial charge in [-0.15, -0.1) is 0 Å². The van der Waals surface area contributed by atoms with Gasteiger partial charge in [-0.25, -0.2) is 0 Å². The number of rotatable bonds is 10. The third kappa shape index (κ3) is 8.46.